The van der Waals surface area contributed by atoms with Crippen molar-refractivity contribution in [1.29, 1.82) is 5.26 Å². The maximum Gasteiger partial charge on any atom is 0.161 e. The molecule has 98 valence electrons. The lowest BCUT2D eigenvalue weighted by atomic mass is 10.2. The van der Waals surface area contributed by atoms with Gasteiger partial charge in [-0.15, -0.1) is 0 Å². The normalized spacial score (nSPS) is 10.7. The quantitative estimate of drug-likeness (QED) is 0.725. The molecule has 0 unspecified atom stereocenters. The number of halogens is 2. The van der Waals surface area contributed by atoms with Gasteiger partial charge in [-0.05, 0) is 18.2 Å². The van der Waals surface area contributed by atoms with Crippen molar-refractivity contribution in [2.45, 2.75) is 6.54 Å². The van der Waals surface area contributed by atoms with Crippen LogP contribution >= 0.6 is 11.6 Å². The Bertz CT molecular complexity index is 835. The lowest BCUT2D eigenvalue weighted by Crippen LogP contribution is -2.01. The van der Waals surface area contributed by atoms with Gasteiger partial charge < -0.3 is 0 Å². The fourth-order valence-electron chi connectivity index (χ4n) is 2.06. The molecule has 0 N–H and O–H groups in total. The highest BCUT2D eigenvalue weighted by Gasteiger charge is 2.16. The predicted molar refractivity (Wildman–Crippen MR) is 73.5 cm³/mol. The largest absolute Gasteiger partial charge is 0.295 e. The fraction of sp³-hybridized carbons (Fsp3) is 0.0714. The maximum absolute atomic E-state index is 13.9. The molecule has 2 aromatic heterocycles. The first-order valence-corrected chi connectivity index (χ1v) is 6.22. The molecule has 0 bridgehead atoms. The fourth-order valence-corrected chi connectivity index (χ4v) is 2.21. The number of hydrogen-bond donors (Lipinski definition) is 0. The second kappa shape index (κ2) is 4.91. The molecule has 0 aliphatic heterocycles. The first-order valence-electron chi connectivity index (χ1n) is 5.84. The van der Waals surface area contributed by atoms with Gasteiger partial charge in [0.25, 0.3) is 0 Å². The molecule has 0 aliphatic rings. The van der Waals surface area contributed by atoms with E-state index in [0.717, 1.165) is 0 Å². The van der Waals surface area contributed by atoms with Crippen LogP contribution in [0.5, 0.6) is 0 Å². The van der Waals surface area contributed by atoms with E-state index in [1.165, 1.54) is 12.3 Å². The first kappa shape index (κ1) is 12.6. The molecule has 6 heteroatoms. The zero-order chi connectivity index (χ0) is 14.1. The highest BCUT2D eigenvalue weighted by Crippen LogP contribution is 2.26. The Morgan fingerprint density at radius 1 is 1.35 bits per heavy atom. The summed E-state index contributed by atoms with van der Waals surface area (Å²) in [5, 5.41) is 9.39. The standard InChI is InChI=1S/C14H8ClFN4/c15-9-7-12-14(18-8-9)20(6-5-17)13(19-12)10-3-1-2-4-11(10)16/h1-4,7-8H,6H2. The summed E-state index contributed by atoms with van der Waals surface area (Å²) in [5.41, 5.74) is 1.37. The summed E-state index contributed by atoms with van der Waals surface area (Å²) in [4.78, 5) is 8.52. The molecule has 0 fully saturated rings. The molecule has 1 aromatic carbocycles. The molecule has 0 spiro atoms. The number of imidazole rings is 1. The van der Waals surface area contributed by atoms with Gasteiger partial charge in [-0.25, -0.2) is 14.4 Å². The molecule has 0 amide bonds. The molecule has 20 heavy (non-hydrogen) atoms. The molecule has 3 aromatic rings. The maximum atomic E-state index is 13.9. The molecule has 2 heterocycles. The Balaban J connectivity index is 2.32. The van der Waals surface area contributed by atoms with Crippen molar-refractivity contribution in [1.82, 2.24) is 14.5 Å². The van der Waals surface area contributed by atoms with Gasteiger partial charge in [0.2, 0.25) is 0 Å². The molecule has 4 nitrogen and oxygen atoms in total. The summed E-state index contributed by atoms with van der Waals surface area (Å²) in [5.74, 6) is -0.0255. The van der Waals surface area contributed by atoms with E-state index >= 15 is 0 Å². The van der Waals surface area contributed by atoms with E-state index < -0.39 is 5.82 Å². The Hall–Kier alpha value is -2.45. The van der Waals surface area contributed by atoms with Gasteiger partial charge in [0.05, 0.1) is 16.7 Å². The zero-order valence-electron chi connectivity index (χ0n) is 10.2. The SMILES string of the molecule is N#CCn1c(-c2ccccc2F)nc2cc(Cl)cnc21. The number of hydrogen-bond acceptors (Lipinski definition) is 3. The average molecular weight is 287 g/mol. The van der Waals surface area contributed by atoms with E-state index in [4.69, 9.17) is 16.9 Å². The van der Waals surface area contributed by atoms with Crippen LogP contribution in [0.1, 0.15) is 0 Å². The Morgan fingerprint density at radius 2 is 2.15 bits per heavy atom. The molecule has 0 saturated heterocycles. The van der Waals surface area contributed by atoms with Gasteiger partial charge in [-0.1, -0.05) is 23.7 Å². The van der Waals surface area contributed by atoms with Gasteiger partial charge in [-0.3, -0.25) is 4.57 Å². The lowest BCUT2D eigenvalue weighted by Gasteiger charge is -2.04. The van der Waals surface area contributed by atoms with Gasteiger partial charge in [0, 0.05) is 6.20 Å². The second-order valence-corrected chi connectivity index (χ2v) is 4.59. The van der Waals surface area contributed by atoms with Crippen LogP contribution in [0.25, 0.3) is 22.6 Å². The summed E-state index contributed by atoms with van der Waals surface area (Å²) < 4.78 is 15.5. The van der Waals surface area contributed by atoms with E-state index in [0.29, 0.717) is 27.6 Å². The number of nitrogens with zero attached hydrogens (tertiary/aromatic N) is 4. The lowest BCUT2D eigenvalue weighted by molar-refractivity contribution is 0.628. The van der Waals surface area contributed by atoms with Crippen LogP contribution in [0.15, 0.2) is 36.5 Å². The third-order valence-corrected chi connectivity index (χ3v) is 3.10. The van der Waals surface area contributed by atoms with E-state index in [-0.39, 0.29) is 6.54 Å². The predicted octanol–water partition coefficient (Wildman–Crippen LogP) is 3.41. The highest BCUT2D eigenvalue weighted by atomic mass is 35.5. The Morgan fingerprint density at radius 3 is 2.90 bits per heavy atom. The van der Waals surface area contributed by atoms with Crippen molar-refractivity contribution in [2.75, 3.05) is 0 Å². The van der Waals surface area contributed by atoms with Gasteiger partial charge >= 0.3 is 0 Å². The number of benzene rings is 1. The summed E-state index contributed by atoms with van der Waals surface area (Å²) in [6.07, 6.45) is 1.48. The van der Waals surface area contributed by atoms with Crippen LogP contribution in [0.2, 0.25) is 5.02 Å². The molecular formula is C14H8ClFN4. The summed E-state index contributed by atoms with van der Waals surface area (Å²) in [6.45, 7) is 0.0365. The van der Waals surface area contributed by atoms with Crippen LogP contribution in [-0.4, -0.2) is 14.5 Å². The minimum absolute atomic E-state index is 0.0365. The zero-order valence-corrected chi connectivity index (χ0v) is 11.0. The number of rotatable bonds is 2. The van der Waals surface area contributed by atoms with Crippen molar-refractivity contribution in [2.24, 2.45) is 0 Å². The van der Waals surface area contributed by atoms with Crippen molar-refractivity contribution >= 4 is 22.8 Å². The highest BCUT2D eigenvalue weighted by molar-refractivity contribution is 6.31. The smallest absolute Gasteiger partial charge is 0.161 e. The Kier molecular flexibility index (Phi) is 3.09. The third kappa shape index (κ3) is 2.00. The average Bonchev–Trinajstić information content (AvgIpc) is 2.77. The number of pyridine rings is 1. The second-order valence-electron chi connectivity index (χ2n) is 4.16. The summed E-state index contributed by atoms with van der Waals surface area (Å²) in [6, 6.07) is 9.96. The Labute approximate surface area is 119 Å². The topological polar surface area (TPSA) is 54.5 Å². The molecule has 0 radical (unpaired) electrons. The first-order chi connectivity index (χ1) is 9.70. The summed E-state index contributed by atoms with van der Waals surface area (Å²) >= 11 is 5.88. The number of nitriles is 1. The van der Waals surface area contributed by atoms with Gasteiger partial charge in [0.1, 0.15) is 23.7 Å². The third-order valence-electron chi connectivity index (χ3n) is 2.90. The minimum atomic E-state index is -0.395. The number of fused-ring (bicyclic) bond motifs is 1. The van der Waals surface area contributed by atoms with Crippen molar-refractivity contribution < 1.29 is 4.39 Å². The molecule has 0 atom stereocenters. The van der Waals surface area contributed by atoms with E-state index in [1.807, 2.05) is 6.07 Å². The molecule has 3 rings (SSSR count). The van der Waals surface area contributed by atoms with Crippen LogP contribution in [0, 0.1) is 17.1 Å². The molecule has 0 aliphatic carbocycles. The molecule has 0 saturated carbocycles. The van der Waals surface area contributed by atoms with Crippen molar-refractivity contribution in [3.05, 3.63) is 47.4 Å². The molecular weight excluding hydrogens is 279 g/mol. The number of aromatic nitrogens is 3. The van der Waals surface area contributed by atoms with Crippen LogP contribution in [-0.2, 0) is 6.54 Å². The van der Waals surface area contributed by atoms with E-state index in [9.17, 15) is 4.39 Å². The monoisotopic (exact) mass is 286 g/mol. The van der Waals surface area contributed by atoms with Crippen molar-refractivity contribution in [3.63, 3.8) is 0 Å². The van der Waals surface area contributed by atoms with Crippen LogP contribution < -0.4 is 0 Å². The van der Waals surface area contributed by atoms with Crippen LogP contribution in [0.4, 0.5) is 4.39 Å². The van der Waals surface area contributed by atoms with E-state index in [1.54, 1.807) is 28.8 Å². The van der Waals surface area contributed by atoms with Gasteiger partial charge in [-0.2, -0.15) is 5.26 Å². The minimum Gasteiger partial charge on any atom is -0.295 e. The van der Waals surface area contributed by atoms with Crippen molar-refractivity contribution in [3.8, 4) is 17.5 Å². The summed E-state index contributed by atoms with van der Waals surface area (Å²) in [7, 11) is 0. The van der Waals surface area contributed by atoms with E-state index in [2.05, 4.69) is 9.97 Å². The van der Waals surface area contributed by atoms with Crippen LogP contribution in [0.3, 0.4) is 0 Å². The van der Waals surface area contributed by atoms with Gasteiger partial charge in [0.15, 0.2) is 5.65 Å².